The van der Waals surface area contributed by atoms with E-state index in [0.717, 1.165) is 12.1 Å². The minimum absolute atomic E-state index is 0.275. The van der Waals surface area contributed by atoms with Gasteiger partial charge in [-0.15, -0.1) is 0 Å². The van der Waals surface area contributed by atoms with Gasteiger partial charge in [0.2, 0.25) is 0 Å². The maximum absolute atomic E-state index is 13.1. The number of benzene rings is 1. The predicted octanol–water partition coefficient (Wildman–Crippen LogP) is 1.52. The molecule has 1 unspecified atom stereocenters. The highest BCUT2D eigenvalue weighted by molar-refractivity contribution is 5.21. The zero-order chi connectivity index (χ0) is 13.4. The first-order valence-electron chi connectivity index (χ1n) is 5.66. The van der Waals surface area contributed by atoms with Crippen molar-refractivity contribution in [1.29, 1.82) is 0 Å². The van der Waals surface area contributed by atoms with Gasteiger partial charge >= 0.3 is 0 Å². The Kier molecular flexibility index (Phi) is 6.74. The van der Waals surface area contributed by atoms with E-state index in [9.17, 15) is 8.78 Å². The van der Waals surface area contributed by atoms with Crippen molar-refractivity contribution in [3.05, 3.63) is 35.4 Å². The van der Waals surface area contributed by atoms with Crippen LogP contribution in [0.3, 0.4) is 0 Å². The van der Waals surface area contributed by atoms with Crippen molar-refractivity contribution >= 4 is 0 Å². The molecule has 1 aromatic rings. The van der Waals surface area contributed by atoms with Gasteiger partial charge in [-0.2, -0.15) is 0 Å². The lowest BCUT2D eigenvalue weighted by Gasteiger charge is -2.16. The molecular formula is C12H18F2N2O2. The van der Waals surface area contributed by atoms with E-state index >= 15 is 0 Å². The molecule has 1 atom stereocenters. The molecule has 0 fully saturated rings. The second-order valence-corrected chi connectivity index (χ2v) is 3.79. The van der Waals surface area contributed by atoms with Gasteiger partial charge in [0.25, 0.3) is 0 Å². The summed E-state index contributed by atoms with van der Waals surface area (Å²) in [6.45, 7) is 1.47. The number of rotatable bonds is 8. The normalized spacial score (nSPS) is 12.7. The second-order valence-electron chi connectivity index (χ2n) is 3.79. The summed E-state index contributed by atoms with van der Waals surface area (Å²) in [4.78, 5) is 0. The Hall–Kier alpha value is -1.08. The number of hydrogen-bond acceptors (Lipinski definition) is 4. The Morgan fingerprint density at radius 1 is 1.22 bits per heavy atom. The summed E-state index contributed by atoms with van der Waals surface area (Å²) < 4.78 is 36.0. The van der Waals surface area contributed by atoms with Crippen LogP contribution in [0.4, 0.5) is 8.78 Å². The molecule has 18 heavy (non-hydrogen) atoms. The third kappa shape index (κ3) is 4.66. The number of nitrogens with two attached hydrogens (primary N) is 1. The molecule has 0 aromatic heterocycles. The highest BCUT2D eigenvalue weighted by Crippen LogP contribution is 2.18. The van der Waals surface area contributed by atoms with Gasteiger partial charge in [0.05, 0.1) is 13.2 Å². The Labute approximate surface area is 105 Å². The van der Waals surface area contributed by atoms with E-state index in [2.05, 4.69) is 5.43 Å². The molecule has 0 saturated carbocycles. The topological polar surface area (TPSA) is 56.5 Å². The molecule has 0 aliphatic rings. The molecule has 0 heterocycles. The fourth-order valence-corrected chi connectivity index (χ4v) is 1.52. The minimum Gasteiger partial charge on any atom is -0.382 e. The van der Waals surface area contributed by atoms with Gasteiger partial charge in [0, 0.05) is 19.8 Å². The van der Waals surface area contributed by atoms with E-state index in [1.54, 1.807) is 7.11 Å². The largest absolute Gasteiger partial charge is 0.382 e. The first-order valence-corrected chi connectivity index (χ1v) is 5.66. The smallest absolute Gasteiger partial charge is 0.159 e. The third-order valence-electron chi connectivity index (χ3n) is 2.53. The third-order valence-corrected chi connectivity index (χ3v) is 2.53. The van der Waals surface area contributed by atoms with Crippen molar-refractivity contribution in [3.8, 4) is 0 Å². The molecule has 1 aromatic carbocycles. The molecule has 0 aliphatic carbocycles. The summed E-state index contributed by atoms with van der Waals surface area (Å²) in [7, 11) is 1.59. The lowest BCUT2D eigenvalue weighted by atomic mass is 10.0. The lowest BCUT2D eigenvalue weighted by Crippen LogP contribution is -2.29. The summed E-state index contributed by atoms with van der Waals surface area (Å²) in [6, 6.07) is 3.44. The molecule has 102 valence electrons. The molecule has 0 bridgehead atoms. The minimum atomic E-state index is -0.881. The van der Waals surface area contributed by atoms with E-state index in [0.29, 0.717) is 31.8 Å². The van der Waals surface area contributed by atoms with Crippen LogP contribution in [0, 0.1) is 11.6 Å². The maximum Gasteiger partial charge on any atom is 0.159 e. The van der Waals surface area contributed by atoms with Crippen molar-refractivity contribution in [2.24, 2.45) is 5.84 Å². The van der Waals surface area contributed by atoms with Crippen LogP contribution in [0.15, 0.2) is 18.2 Å². The molecule has 4 nitrogen and oxygen atoms in total. The number of ether oxygens (including phenoxy) is 2. The number of hydrogen-bond donors (Lipinski definition) is 2. The summed E-state index contributed by atoms with van der Waals surface area (Å²) in [6.07, 6.45) is 0.561. The predicted molar refractivity (Wildman–Crippen MR) is 63.7 cm³/mol. The number of nitrogens with one attached hydrogen (secondary N) is 1. The summed E-state index contributed by atoms with van der Waals surface area (Å²) in [5.74, 6) is 3.64. The van der Waals surface area contributed by atoms with Gasteiger partial charge in [-0.25, -0.2) is 8.78 Å². The van der Waals surface area contributed by atoms with Crippen LogP contribution in [0.1, 0.15) is 18.0 Å². The molecule has 0 saturated heterocycles. The Bertz CT molecular complexity index is 364. The first-order chi connectivity index (χ1) is 8.69. The van der Waals surface area contributed by atoms with Crippen molar-refractivity contribution in [3.63, 3.8) is 0 Å². The Morgan fingerprint density at radius 3 is 2.61 bits per heavy atom. The van der Waals surface area contributed by atoms with Gasteiger partial charge in [0.1, 0.15) is 0 Å². The maximum atomic E-state index is 13.1. The van der Waals surface area contributed by atoms with Gasteiger partial charge in [0.15, 0.2) is 11.6 Å². The summed E-state index contributed by atoms with van der Waals surface area (Å²) in [5.41, 5.74) is 3.15. The standard InChI is InChI=1S/C12H18F2N2O2/c1-17-6-7-18-5-4-12(16-15)9-2-3-10(13)11(14)8-9/h2-3,8,12,16H,4-7,15H2,1H3. The van der Waals surface area contributed by atoms with Crippen molar-refractivity contribution in [2.75, 3.05) is 26.9 Å². The molecule has 0 radical (unpaired) electrons. The van der Waals surface area contributed by atoms with Crippen molar-refractivity contribution in [2.45, 2.75) is 12.5 Å². The van der Waals surface area contributed by atoms with Crippen LogP contribution >= 0.6 is 0 Å². The van der Waals surface area contributed by atoms with Gasteiger partial charge in [-0.1, -0.05) is 6.07 Å². The van der Waals surface area contributed by atoms with Crippen LogP contribution in [0.5, 0.6) is 0 Å². The van der Waals surface area contributed by atoms with Gasteiger partial charge < -0.3 is 9.47 Å². The molecule has 0 spiro atoms. The average molecular weight is 260 g/mol. The fourth-order valence-electron chi connectivity index (χ4n) is 1.52. The van der Waals surface area contributed by atoms with Crippen LogP contribution in [0.25, 0.3) is 0 Å². The first kappa shape index (κ1) is 15.0. The SMILES string of the molecule is COCCOCCC(NN)c1ccc(F)c(F)c1. The van der Waals surface area contributed by atoms with Crippen LogP contribution in [-0.4, -0.2) is 26.9 Å². The second kappa shape index (κ2) is 8.10. The summed E-state index contributed by atoms with van der Waals surface area (Å²) in [5, 5.41) is 0. The van der Waals surface area contributed by atoms with Crippen LogP contribution in [0.2, 0.25) is 0 Å². The molecular weight excluding hydrogens is 242 g/mol. The molecule has 0 amide bonds. The molecule has 3 N–H and O–H groups in total. The molecule has 6 heteroatoms. The zero-order valence-corrected chi connectivity index (χ0v) is 10.3. The van der Waals surface area contributed by atoms with Crippen molar-refractivity contribution < 1.29 is 18.3 Å². The highest BCUT2D eigenvalue weighted by Gasteiger charge is 2.12. The van der Waals surface area contributed by atoms with Gasteiger partial charge in [-0.3, -0.25) is 11.3 Å². The van der Waals surface area contributed by atoms with E-state index < -0.39 is 11.6 Å². The van der Waals surface area contributed by atoms with E-state index in [1.165, 1.54) is 6.07 Å². The molecule has 1 rings (SSSR count). The van der Waals surface area contributed by atoms with E-state index in [4.69, 9.17) is 15.3 Å². The number of methoxy groups -OCH3 is 1. The number of halogens is 2. The Balaban J connectivity index is 2.47. The molecule has 0 aliphatic heterocycles. The Morgan fingerprint density at radius 2 is 2.00 bits per heavy atom. The fraction of sp³-hybridized carbons (Fsp3) is 0.500. The van der Waals surface area contributed by atoms with E-state index in [1.807, 2.05) is 0 Å². The average Bonchev–Trinajstić information content (AvgIpc) is 2.37. The quantitative estimate of drug-likeness (QED) is 0.423. The monoisotopic (exact) mass is 260 g/mol. The highest BCUT2D eigenvalue weighted by atomic mass is 19.2. The van der Waals surface area contributed by atoms with E-state index in [-0.39, 0.29) is 6.04 Å². The lowest BCUT2D eigenvalue weighted by molar-refractivity contribution is 0.0657. The number of hydrazine groups is 1. The van der Waals surface area contributed by atoms with Gasteiger partial charge in [-0.05, 0) is 24.1 Å². The van der Waals surface area contributed by atoms with Crippen LogP contribution in [-0.2, 0) is 9.47 Å². The van der Waals surface area contributed by atoms with Crippen LogP contribution < -0.4 is 11.3 Å². The zero-order valence-electron chi connectivity index (χ0n) is 10.3. The van der Waals surface area contributed by atoms with Crippen molar-refractivity contribution in [1.82, 2.24) is 5.43 Å². The summed E-state index contributed by atoms with van der Waals surface area (Å²) >= 11 is 0.